The Bertz CT molecular complexity index is 451. The van der Waals surface area contributed by atoms with E-state index >= 15 is 0 Å². The fourth-order valence-electron chi connectivity index (χ4n) is 2.44. The van der Waals surface area contributed by atoms with Crippen LogP contribution in [0.25, 0.3) is 0 Å². The standard InChI is InChI=1S/C15H19F3S2/c1-13(2,3)14(19-9-4-10-20-14)11-5-7-12(8-6-11)15(16,17)18/h5-8H,4,9-10H2,1-3H3. The smallest absolute Gasteiger partial charge is 0.166 e. The molecule has 0 spiro atoms. The Morgan fingerprint density at radius 2 is 1.45 bits per heavy atom. The molecule has 0 amide bonds. The Labute approximate surface area is 126 Å². The van der Waals surface area contributed by atoms with Crippen molar-refractivity contribution in [1.82, 2.24) is 0 Å². The summed E-state index contributed by atoms with van der Waals surface area (Å²) in [6, 6.07) is 5.72. The lowest BCUT2D eigenvalue weighted by atomic mass is 9.86. The molecule has 1 aliphatic heterocycles. The van der Waals surface area contributed by atoms with Crippen LogP contribution in [0.1, 0.15) is 38.3 Å². The second-order valence-corrected chi connectivity index (χ2v) is 8.87. The Hall–Kier alpha value is -0.290. The van der Waals surface area contributed by atoms with E-state index in [4.69, 9.17) is 0 Å². The summed E-state index contributed by atoms with van der Waals surface area (Å²) in [5.41, 5.74) is 0.409. The van der Waals surface area contributed by atoms with E-state index in [1.54, 1.807) is 12.1 Å². The first-order valence-corrected chi connectivity index (χ1v) is 8.60. The van der Waals surface area contributed by atoms with Crippen LogP contribution in [-0.2, 0) is 10.3 Å². The van der Waals surface area contributed by atoms with Crippen molar-refractivity contribution in [2.45, 2.75) is 37.4 Å². The molecule has 0 N–H and O–H groups in total. The minimum atomic E-state index is -4.26. The van der Waals surface area contributed by atoms with Gasteiger partial charge in [-0.15, -0.1) is 23.5 Å². The normalized spacial score (nSPS) is 19.9. The summed E-state index contributed by atoms with van der Waals surface area (Å²) >= 11 is 3.73. The van der Waals surface area contributed by atoms with Crippen LogP contribution >= 0.6 is 23.5 Å². The van der Waals surface area contributed by atoms with Crippen molar-refractivity contribution < 1.29 is 13.2 Å². The lowest BCUT2D eigenvalue weighted by molar-refractivity contribution is -0.137. The molecule has 1 aliphatic rings. The van der Waals surface area contributed by atoms with Crippen molar-refractivity contribution in [1.29, 1.82) is 0 Å². The van der Waals surface area contributed by atoms with Crippen LogP contribution in [0, 0.1) is 5.41 Å². The summed E-state index contributed by atoms with van der Waals surface area (Å²) in [6.07, 6.45) is -3.10. The molecule has 1 aromatic carbocycles. The summed E-state index contributed by atoms with van der Waals surface area (Å²) in [7, 11) is 0. The van der Waals surface area contributed by atoms with Gasteiger partial charge in [-0.1, -0.05) is 32.9 Å². The van der Waals surface area contributed by atoms with Crippen molar-refractivity contribution >= 4 is 23.5 Å². The van der Waals surface area contributed by atoms with Gasteiger partial charge in [0.2, 0.25) is 0 Å². The summed E-state index contributed by atoms with van der Waals surface area (Å²) in [6.45, 7) is 6.49. The van der Waals surface area contributed by atoms with Gasteiger partial charge >= 0.3 is 6.18 Å². The van der Waals surface area contributed by atoms with Crippen LogP contribution in [0.4, 0.5) is 13.2 Å². The third kappa shape index (κ3) is 2.98. The minimum absolute atomic E-state index is 0.0114. The van der Waals surface area contributed by atoms with E-state index in [9.17, 15) is 13.2 Å². The van der Waals surface area contributed by atoms with E-state index in [0.717, 1.165) is 23.5 Å². The number of thioether (sulfide) groups is 2. The molecule has 112 valence electrons. The highest BCUT2D eigenvalue weighted by Gasteiger charge is 2.46. The van der Waals surface area contributed by atoms with Crippen molar-refractivity contribution in [3.63, 3.8) is 0 Å². The number of hydrogen-bond acceptors (Lipinski definition) is 2. The van der Waals surface area contributed by atoms with Crippen molar-refractivity contribution in [3.05, 3.63) is 35.4 Å². The summed E-state index contributed by atoms with van der Waals surface area (Å²) in [5, 5.41) is 0. The first-order valence-electron chi connectivity index (χ1n) is 6.62. The third-order valence-corrected chi connectivity index (χ3v) is 7.68. The Morgan fingerprint density at radius 1 is 0.950 bits per heavy atom. The minimum Gasteiger partial charge on any atom is -0.166 e. The maximum absolute atomic E-state index is 12.7. The van der Waals surface area contributed by atoms with Gasteiger partial charge in [-0.05, 0) is 41.0 Å². The topological polar surface area (TPSA) is 0 Å². The summed E-state index contributed by atoms with van der Waals surface area (Å²) in [5.74, 6) is 2.12. The first-order chi connectivity index (χ1) is 9.17. The first kappa shape index (κ1) is 16.1. The zero-order valence-electron chi connectivity index (χ0n) is 11.9. The van der Waals surface area contributed by atoms with Crippen molar-refractivity contribution in [3.8, 4) is 0 Å². The van der Waals surface area contributed by atoms with Crippen LogP contribution in [-0.4, -0.2) is 11.5 Å². The van der Waals surface area contributed by atoms with Crippen LogP contribution < -0.4 is 0 Å². The molecular formula is C15H19F3S2. The van der Waals surface area contributed by atoms with Gasteiger partial charge in [0.15, 0.2) is 0 Å². The summed E-state index contributed by atoms with van der Waals surface area (Å²) < 4.78 is 37.9. The van der Waals surface area contributed by atoms with E-state index in [1.807, 2.05) is 23.5 Å². The van der Waals surface area contributed by atoms with Crippen molar-refractivity contribution in [2.75, 3.05) is 11.5 Å². The predicted molar refractivity (Wildman–Crippen MR) is 82.1 cm³/mol. The number of benzene rings is 1. The lowest BCUT2D eigenvalue weighted by Crippen LogP contribution is -2.36. The second-order valence-electron chi connectivity index (χ2n) is 5.99. The van der Waals surface area contributed by atoms with Gasteiger partial charge in [0.05, 0.1) is 9.64 Å². The zero-order valence-corrected chi connectivity index (χ0v) is 13.5. The van der Waals surface area contributed by atoms with Gasteiger partial charge in [0.1, 0.15) is 0 Å². The molecule has 1 aromatic rings. The van der Waals surface area contributed by atoms with E-state index in [1.165, 1.54) is 12.1 Å². The molecule has 0 unspecified atom stereocenters. The van der Waals surface area contributed by atoms with Gasteiger partial charge in [0, 0.05) is 0 Å². The van der Waals surface area contributed by atoms with Gasteiger partial charge in [-0.25, -0.2) is 0 Å². The average Bonchev–Trinajstić information content (AvgIpc) is 2.37. The highest BCUT2D eigenvalue weighted by molar-refractivity contribution is 8.18. The van der Waals surface area contributed by atoms with Gasteiger partial charge < -0.3 is 0 Å². The van der Waals surface area contributed by atoms with E-state index in [0.29, 0.717) is 0 Å². The van der Waals surface area contributed by atoms with E-state index in [2.05, 4.69) is 20.8 Å². The Morgan fingerprint density at radius 3 is 1.85 bits per heavy atom. The van der Waals surface area contributed by atoms with Crippen molar-refractivity contribution in [2.24, 2.45) is 5.41 Å². The van der Waals surface area contributed by atoms with E-state index in [-0.39, 0.29) is 9.49 Å². The molecule has 5 heteroatoms. The molecule has 20 heavy (non-hydrogen) atoms. The molecule has 1 fully saturated rings. The molecule has 1 heterocycles. The summed E-state index contributed by atoms with van der Waals surface area (Å²) in [4.78, 5) is 0. The molecule has 1 saturated heterocycles. The quantitative estimate of drug-likeness (QED) is 0.644. The maximum Gasteiger partial charge on any atom is 0.416 e. The molecule has 0 saturated carbocycles. The SMILES string of the molecule is CC(C)(C)C1(c2ccc(C(F)(F)F)cc2)SCCCS1. The monoisotopic (exact) mass is 320 g/mol. The highest BCUT2D eigenvalue weighted by atomic mass is 32.2. The maximum atomic E-state index is 12.7. The third-order valence-electron chi connectivity index (χ3n) is 3.48. The molecule has 0 nitrogen and oxygen atoms in total. The van der Waals surface area contributed by atoms with Crippen LogP contribution in [0.2, 0.25) is 0 Å². The van der Waals surface area contributed by atoms with E-state index < -0.39 is 11.7 Å². The molecule has 0 atom stereocenters. The Balaban J connectivity index is 2.40. The van der Waals surface area contributed by atoms with Crippen LogP contribution in [0.3, 0.4) is 0 Å². The second kappa shape index (κ2) is 5.48. The molecule has 0 aromatic heterocycles. The van der Waals surface area contributed by atoms with Crippen LogP contribution in [0.15, 0.2) is 24.3 Å². The molecule has 0 bridgehead atoms. The largest absolute Gasteiger partial charge is 0.416 e. The molecular weight excluding hydrogens is 301 g/mol. The molecule has 2 rings (SSSR count). The van der Waals surface area contributed by atoms with Gasteiger partial charge in [-0.2, -0.15) is 13.2 Å². The molecule has 0 aliphatic carbocycles. The predicted octanol–water partition coefficient (Wildman–Crippen LogP) is 5.77. The highest BCUT2D eigenvalue weighted by Crippen LogP contribution is 2.60. The lowest BCUT2D eigenvalue weighted by Gasteiger charge is -2.46. The fourth-order valence-corrected chi connectivity index (χ4v) is 6.08. The van der Waals surface area contributed by atoms with Gasteiger partial charge in [0.25, 0.3) is 0 Å². The number of hydrogen-bond donors (Lipinski definition) is 0. The average molecular weight is 320 g/mol. The Kier molecular flexibility index (Phi) is 4.41. The fraction of sp³-hybridized carbons (Fsp3) is 0.600. The number of halogens is 3. The van der Waals surface area contributed by atoms with Crippen LogP contribution in [0.5, 0.6) is 0 Å². The molecule has 0 radical (unpaired) electrons. The number of rotatable bonds is 1. The zero-order chi connectivity index (χ0) is 15.0. The van der Waals surface area contributed by atoms with Gasteiger partial charge in [-0.3, -0.25) is 0 Å². The number of alkyl halides is 3.